The van der Waals surface area contributed by atoms with Crippen molar-refractivity contribution in [2.24, 2.45) is 0 Å². The maximum Gasteiger partial charge on any atom is 0.183 e. The fourth-order valence-corrected chi connectivity index (χ4v) is 3.04. The molecule has 18 heavy (non-hydrogen) atoms. The van der Waals surface area contributed by atoms with Gasteiger partial charge in [0.2, 0.25) is 0 Å². The highest BCUT2D eigenvalue weighted by atomic mass is 79.9. The summed E-state index contributed by atoms with van der Waals surface area (Å²) >= 11 is 7.00. The molecule has 4 aromatic heterocycles. The summed E-state index contributed by atoms with van der Waals surface area (Å²) in [6.45, 7) is 0. The zero-order valence-corrected chi connectivity index (χ0v) is 12.1. The summed E-state index contributed by atoms with van der Waals surface area (Å²) < 4.78 is 5.70. The Balaban J connectivity index is 2.49. The van der Waals surface area contributed by atoms with Crippen molar-refractivity contribution in [2.75, 3.05) is 0 Å². The fourth-order valence-electron chi connectivity index (χ4n) is 2.14. The molecule has 0 unspecified atom stereocenters. The van der Waals surface area contributed by atoms with Gasteiger partial charge in [-0.1, -0.05) is 0 Å². The summed E-state index contributed by atoms with van der Waals surface area (Å²) in [5.74, 6) is 0. The van der Waals surface area contributed by atoms with Gasteiger partial charge in [0.15, 0.2) is 16.9 Å². The highest BCUT2D eigenvalue weighted by Crippen LogP contribution is 2.26. The summed E-state index contributed by atoms with van der Waals surface area (Å²) in [6, 6.07) is 3.92. The fraction of sp³-hybridized carbons (Fsp3) is 0. The van der Waals surface area contributed by atoms with Crippen LogP contribution >= 0.6 is 31.9 Å². The first-order valence-corrected chi connectivity index (χ1v) is 6.78. The van der Waals surface area contributed by atoms with Crippen molar-refractivity contribution in [1.29, 1.82) is 0 Å². The van der Waals surface area contributed by atoms with Gasteiger partial charge in [0.25, 0.3) is 0 Å². The molecule has 0 amide bonds. The first-order valence-electron chi connectivity index (χ1n) is 5.20. The smallest absolute Gasteiger partial charge is 0.183 e. The molecular weight excluding hydrogens is 362 g/mol. The molecule has 0 saturated carbocycles. The van der Waals surface area contributed by atoms with Crippen LogP contribution in [0.1, 0.15) is 0 Å². The number of rotatable bonds is 0. The molecule has 4 rings (SSSR count). The Morgan fingerprint density at radius 3 is 2.28 bits per heavy atom. The third kappa shape index (κ3) is 1.18. The molecule has 7 heteroatoms. The zero-order chi connectivity index (χ0) is 12.3. The predicted molar refractivity (Wildman–Crippen MR) is 74.6 cm³/mol. The minimum absolute atomic E-state index is 0.777. The Morgan fingerprint density at radius 2 is 1.50 bits per heavy atom. The number of aromatic nitrogens is 5. The molecule has 88 valence electrons. The normalized spacial score (nSPS) is 11.9. The number of hydrogen-bond donors (Lipinski definition) is 0. The van der Waals surface area contributed by atoms with Gasteiger partial charge >= 0.3 is 0 Å². The first kappa shape index (κ1) is 10.5. The maximum atomic E-state index is 4.44. The molecule has 0 bridgehead atoms. The van der Waals surface area contributed by atoms with E-state index in [1.54, 1.807) is 18.6 Å². The quantitative estimate of drug-likeness (QED) is 0.480. The number of fused-ring (bicyclic) bond motifs is 6. The molecule has 0 spiro atoms. The molecule has 0 aliphatic heterocycles. The lowest BCUT2D eigenvalue weighted by atomic mass is 10.4. The van der Waals surface area contributed by atoms with Crippen LogP contribution in [0, 0.1) is 0 Å². The molecule has 0 aliphatic rings. The summed E-state index contributed by atoms with van der Waals surface area (Å²) in [6.07, 6.45) is 5.29. The molecule has 0 aromatic carbocycles. The molecule has 0 aliphatic carbocycles. The van der Waals surface area contributed by atoms with Crippen LogP contribution in [0.25, 0.3) is 22.5 Å². The Labute approximate surface area is 118 Å². The predicted octanol–water partition coefficient (Wildman–Crippen LogP) is 3.06. The molecule has 0 saturated heterocycles. The van der Waals surface area contributed by atoms with Crippen LogP contribution in [-0.2, 0) is 0 Å². The van der Waals surface area contributed by atoms with E-state index in [9.17, 15) is 0 Å². The second-order valence-electron chi connectivity index (χ2n) is 3.83. The lowest BCUT2D eigenvalue weighted by Crippen LogP contribution is -1.99. The van der Waals surface area contributed by atoms with Gasteiger partial charge in [0, 0.05) is 6.20 Å². The average molecular weight is 367 g/mol. The molecular formula is C11H5Br2N5. The van der Waals surface area contributed by atoms with Crippen molar-refractivity contribution < 1.29 is 0 Å². The molecule has 0 fully saturated rings. The maximum absolute atomic E-state index is 4.44. The number of nitrogens with zero attached hydrogens (tertiary/aromatic N) is 5. The highest BCUT2D eigenvalue weighted by Gasteiger charge is 2.15. The van der Waals surface area contributed by atoms with Gasteiger partial charge in [0.1, 0.15) is 9.21 Å². The van der Waals surface area contributed by atoms with Crippen molar-refractivity contribution in [3.8, 4) is 0 Å². The van der Waals surface area contributed by atoms with Crippen molar-refractivity contribution in [3.05, 3.63) is 39.9 Å². The van der Waals surface area contributed by atoms with Crippen molar-refractivity contribution in [2.45, 2.75) is 0 Å². The van der Waals surface area contributed by atoms with Gasteiger partial charge in [-0.25, -0.2) is 15.0 Å². The third-order valence-electron chi connectivity index (χ3n) is 2.86. The minimum Gasteiger partial charge on any atom is -0.280 e. The van der Waals surface area contributed by atoms with Crippen molar-refractivity contribution in [3.63, 3.8) is 0 Å². The van der Waals surface area contributed by atoms with Crippen LogP contribution in [0.4, 0.5) is 0 Å². The summed E-state index contributed by atoms with van der Waals surface area (Å²) in [5.41, 5.74) is 3.39. The standard InChI is InChI=1S/C11H5Br2N5/c12-7-4-15-10-11-16-5-8(13)18(11)9-6(17(7)10)2-1-3-14-9/h1-5H. The second-order valence-corrected chi connectivity index (χ2v) is 5.45. The first-order chi connectivity index (χ1) is 8.77. The average Bonchev–Trinajstić information content (AvgIpc) is 2.94. The van der Waals surface area contributed by atoms with Crippen LogP contribution in [0.5, 0.6) is 0 Å². The van der Waals surface area contributed by atoms with E-state index in [0.29, 0.717) is 0 Å². The Bertz CT molecular complexity index is 833. The van der Waals surface area contributed by atoms with Crippen LogP contribution < -0.4 is 0 Å². The SMILES string of the molecule is Brc1cnc2c3ncc(Br)n3c3ncccc3n12. The van der Waals surface area contributed by atoms with Gasteiger partial charge in [-0.15, -0.1) is 0 Å². The Hall–Kier alpha value is -1.47. The van der Waals surface area contributed by atoms with Crippen LogP contribution in [0.3, 0.4) is 0 Å². The summed E-state index contributed by atoms with van der Waals surface area (Å²) in [4.78, 5) is 13.2. The van der Waals surface area contributed by atoms with E-state index < -0.39 is 0 Å². The van der Waals surface area contributed by atoms with Crippen molar-refractivity contribution in [1.82, 2.24) is 23.8 Å². The van der Waals surface area contributed by atoms with E-state index >= 15 is 0 Å². The molecule has 4 heterocycles. The number of imidazole rings is 2. The van der Waals surface area contributed by atoms with E-state index in [0.717, 1.165) is 31.7 Å². The van der Waals surface area contributed by atoms with E-state index in [1.165, 1.54) is 0 Å². The molecule has 0 radical (unpaired) electrons. The monoisotopic (exact) mass is 365 g/mol. The van der Waals surface area contributed by atoms with Crippen molar-refractivity contribution >= 4 is 54.3 Å². The second kappa shape index (κ2) is 3.52. The number of halogens is 2. The number of hydrogen-bond acceptors (Lipinski definition) is 3. The Kier molecular flexibility index (Phi) is 2.04. The van der Waals surface area contributed by atoms with Gasteiger partial charge < -0.3 is 0 Å². The van der Waals surface area contributed by atoms with Gasteiger partial charge in [0.05, 0.1) is 17.9 Å². The largest absolute Gasteiger partial charge is 0.280 e. The third-order valence-corrected chi connectivity index (χ3v) is 3.98. The van der Waals surface area contributed by atoms with E-state index in [-0.39, 0.29) is 0 Å². The number of pyridine rings is 1. The van der Waals surface area contributed by atoms with Crippen LogP contribution in [0.15, 0.2) is 39.9 Å². The molecule has 4 aromatic rings. The summed E-state index contributed by atoms with van der Waals surface area (Å²) in [7, 11) is 0. The molecule has 0 N–H and O–H groups in total. The minimum atomic E-state index is 0.777. The van der Waals surface area contributed by atoms with Gasteiger partial charge in [-0.05, 0) is 44.0 Å². The van der Waals surface area contributed by atoms with E-state index in [1.807, 2.05) is 20.9 Å². The van der Waals surface area contributed by atoms with Crippen LogP contribution in [0.2, 0.25) is 0 Å². The summed E-state index contributed by atoms with van der Waals surface area (Å²) in [5, 5.41) is 0. The van der Waals surface area contributed by atoms with Gasteiger partial charge in [-0.3, -0.25) is 8.80 Å². The molecule has 5 nitrogen and oxygen atoms in total. The van der Waals surface area contributed by atoms with E-state index in [4.69, 9.17) is 0 Å². The van der Waals surface area contributed by atoms with E-state index in [2.05, 4.69) is 46.8 Å². The lowest BCUT2D eigenvalue weighted by molar-refractivity contribution is 1.10. The zero-order valence-electron chi connectivity index (χ0n) is 8.88. The lowest BCUT2D eigenvalue weighted by Gasteiger charge is -2.06. The highest BCUT2D eigenvalue weighted by molar-refractivity contribution is 9.10. The topological polar surface area (TPSA) is 47.5 Å². The van der Waals surface area contributed by atoms with Gasteiger partial charge in [-0.2, -0.15) is 0 Å². The van der Waals surface area contributed by atoms with Crippen LogP contribution in [-0.4, -0.2) is 23.8 Å². The molecule has 0 atom stereocenters. The Morgan fingerprint density at radius 1 is 0.833 bits per heavy atom.